The lowest BCUT2D eigenvalue weighted by atomic mass is 10.2. The second-order valence-electron chi connectivity index (χ2n) is 2.29. The summed E-state index contributed by atoms with van der Waals surface area (Å²) in [5, 5.41) is 0. The molecule has 0 N–H and O–H groups in total. The highest BCUT2D eigenvalue weighted by molar-refractivity contribution is 9.10. The molecule has 0 spiro atoms. The first kappa shape index (κ1) is 10.8. The Kier molecular flexibility index (Phi) is 3.29. The van der Waals surface area contributed by atoms with E-state index in [0.29, 0.717) is 0 Å². The van der Waals surface area contributed by atoms with Crippen LogP contribution in [0.15, 0.2) is 16.7 Å². The third kappa shape index (κ3) is 2.14. The zero-order valence-corrected chi connectivity index (χ0v) is 8.67. The van der Waals surface area contributed by atoms with Gasteiger partial charge in [0.1, 0.15) is 4.60 Å². The second kappa shape index (κ2) is 4.28. The molecule has 0 saturated carbocycles. The van der Waals surface area contributed by atoms with E-state index in [4.69, 9.17) is 0 Å². The van der Waals surface area contributed by atoms with Crippen LogP contribution in [0.5, 0.6) is 0 Å². The molecule has 0 aliphatic rings. The van der Waals surface area contributed by atoms with Crippen LogP contribution in [-0.2, 0) is 9.53 Å². The van der Waals surface area contributed by atoms with Gasteiger partial charge in [0.05, 0.1) is 12.7 Å². The molecule has 0 amide bonds. The topological polar surface area (TPSA) is 56.3 Å². The largest absolute Gasteiger partial charge is 0.463 e. The smallest absolute Gasteiger partial charge is 0.379 e. The predicted octanol–water partition coefficient (Wildman–Crippen LogP) is 1.34. The van der Waals surface area contributed by atoms with Gasteiger partial charge in [-0.25, -0.2) is 9.78 Å². The summed E-state index contributed by atoms with van der Waals surface area (Å²) < 4.78 is 17.4. The van der Waals surface area contributed by atoms with Crippen LogP contribution < -0.4 is 0 Å². The first-order chi connectivity index (χ1) is 6.56. The minimum absolute atomic E-state index is 0.247. The fraction of sp³-hybridized carbons (Fsp3) is 0.125. The Bertz CT molecular complexity index is 394. The average molecular weight is 262 g/mol. The number of pyridine rings is 1. The maximum Gasteiger partial charge on any atom is 0.379 e. The zero-order chi connectivity index (χ0) is 10.7. The summed E-state index contributed by atoms with van der Waals surface area (Å²) in [4.78, 5) is 25.2. The molecular weight excluding hydrogens is 257 g/mol. The molecule has 1 heterocycles. The lowest BCUT2D eigenvalue weighted by Gasteiger charge is -1.99. The molecule has 0 radical (unpaired) electrons. The molecule has 1 rings (SSSR count). The van der Waals surface area contributed by atoms with Crippen LogP contribution in [0.1, 0.15) is 10.4 Å². The molecule has 0 atom stereocenters. The number of rotatable bonds is 2. The lowest BCUT2D eigenvalue weighted by molar-refractivity contribution is -0.135. The predicted molar refractivity (Wildman–Crippen MR) is 48.2 cm³/mol. The number of esters is 1. The molecule has 1 aromatic rings. The highest BCUT2D eigenvalue weighted by Crippen LogP contribution is 2.11. The second-order valence-corrected chi connectivity index (χ2v) is 3.11. The lowest BCUT2D eigenvalue weighted by Crippen LogP contribution is -2.17. The molecule has 74 valence electrons. The first-order valence-corrected chi connectivity index (χ1v) is 4.30. The van der Waals surface area contributed by atoms with Gasteiger partial charge in [-0.3, -0.25) is 4.79 Å². The van der Waals surface area contributed by atoms with Crippen molar-refractivity contribution in [3.05, 3.63) is 28.2 Å². The molecule has 0 fully saturated rings. The maximum atomic E-state index is 13.0. The van der Waals surface area contributed by atoms with Crippen molar-refractivity contribution in [2.24, 2.45) is 0 Å². The van der Waals surface area contributed by atoms with Crippen LogP contribution in [0, 0.1) is 5.95 Å². The molecule has 1 aromatic heterocycles. The van der Waals surface area contributed by atoms with Crippen molar-refractivity contribution in [1.82, 2.24) is 4.98 Å². The van der Waals surface area contributed by atoms with Crippen molar-refractivity contribution < 1.29 is 18.7 Å². The summed E-state index contributed by atoms with van der Waals surface area (Å²) in [5.74, 6) is -3.17. The molecule has 0 aromatic carbocycles. The number of carbonyl (C=O) groups excluding carboxylic acids is 2. The van der Waals surface area contributed by atoms with E-state index >= 15 is 0 Å². The van der Waals surface area contributed by atoms with Gasteiger partial charge in [-0.05, 0) is 28.1 Å². The summed E-state index contributed by atoms with van der Waals surface area (Å²) in [6, 6.07) is 2.52. The van der Waals surface area contributed by atoms with Crippen LogP contribution in [-0.4, -0.2) is 23.8 Å². The van der Waals surface area contributed by atoms with E-state index in [1.165, 1.54) is 6.07 Å². The maximum absolute atomic E-state index is 13.0. The first-order valence-electron chi connectivity index (χ1n) is 3.51. The molecule has 0 aliphatic heterocycles. The minimum Gasteiger partial charge on any atom is -0.463 e. The Morgan fingerprint density at radius 2 is 2.14 bits per heavy atom. The Balaban J connectivity index is 3.08. The Morgan fingerprint density at radius 1 is 1.50 bits per heavy atom. The fourth-order valence-electron chi connectivity index (χ4n) is 0.784. The number of hydrogen-bond acceptors (Lipinski definition) is 4. The monoisotopic (exact) mass is 261 g/mol. The molecule has 0 unspecified atom stereocenters. The molecule has 6 heteroatoms. The summed E-state index contributed by atoms with van der Waals surface area (Å²) in [6.45, 7) is 0. The summed E-state index contributed by atoms with van der Waals surface area (Å²) in [6.07, 6.45) is 0. The minimum atomic E-state index is -1.12. The molecule has 14 heavy (non-hydrogen) atoms. The van der Waals surface area contributed by atoms with Gasteiger partial charge < -0.3 is 4.74 Å². The normalized spacial score (nSPS) is 9.64. The van der Waals surface area contributed by atoms with Crippen molar-refractivity contribution in [2.45, 2.75) is 0 Å². The van der Waals surface area contributed by atoms with Crippen LogP contribution in [0.25, 0.3) is 0 Å². The molecule has 4 nitrogen and oxygen atoms in total. The zero-order valence-electron chi connectivity index (χ0n) is 7.08. The van der Waals surface area contributed by atoms with Gasteiger partial charge in [-0.2, -0.15) is 4.39 Å². The number of hydrogen-bond donors (Lipinski definition) is 0. The van der Waals surface area contributed by atoms with Crippen molar-refractivity contribution in [3.63, 3.8) is 0 Å². The van der Waals surface area contributed by atoms with Crippen molar-refractivity contribution in [2.75, 3.05) is 7.11 Å². The number of aromatic nitrogens is 1. The summed E-state index contributed by atoms with van der Waals surface area (Å²) in [7, 11) is 1.05. The quantitative estimate of drug-likeness (QED) is 0.349. The number of ether oxygens (including phenoxy) is 1. The average Bonchev–Trinajstić information content (AvgIpc) is 2.15. The van der Waals surface area contributed by atoms with E-state index in [-0.39, 0.29) is 4.60 Å². The van der Waals surface area contributed by atoms with E-state index in [0.717, 1.165) is 13.2 Å². The van der Waals surface area contributed by atoms with Crippen LogP contribution in [0.3, 0.4) is 0 Å². The van der Waals surface area contributed by atoms with Gasteiger partial charge in [0.2, 0.25) is 5.95 Å². The van der Waals surface area contributed by atoms with E-state index in [1.807, 2.05) is 0 Å². The van der Waals surface area contributed by atoms with Gasteiger partial charge in [0.15, 0.2) is 0 Å². The van der Waals surface area contributed by atoms with Crippen molar-refractivity contribution in [1.29, 1.82) is 0 Å². The number of ketones is 1. The Labute approximate surface area is 87.2 Å². The Hall–Kier alpha value is -1.30. The third-order valence-corrected chi connectivity index (χ3v) is 1.87. The molecular formula is C8H5BrFNO3. The SMILES string of the molecule is COC(=O)C(=O)c1ccc(Br)nc1F. The number of methoxy groups -OCH3 is 1. The highest BCUT2D eigenvalue weighted by Gasteiger charge is 2.21. The van der Waals surface area contributed by atoms with E-state index in [9.17, 15) is 14.0 Å². The third-order valence-electron chi connectivity index (χ3n) is 1.43. The fourth-order valence-corrected chi connectivity index (χ4v) is 1.07. The standard InChI is InChI=1S/C8H5BrFNO3/c1-14-8(13)6(12)4-2-3-5(9)11-7(4)10/h2-3H,1H3. The van der Waals surface area contributed by atoms with Crippen LogP contribution in [0.2, 0.25) is 0 Å². The van der Waals surface area contributed by atoms with Gasteiger partial charge >= 0.3 is 5.97 Å². The van der Waals surface area contributed by atoms with Gasteiger partial charge in [0, 0.05) is 0 Å². The number of Topliss-reactive ketones (excluding diaryl/α,β-unsaturated/α-hetero) is 1. The van der Waals surface area contributed by atoms with E-state index in [2.05, 4.69) is 25.7 Å². The summed E-state index contributed by atoms with van der Waals surface area (Å²) >= 11 is 2.92. The number of halogens is 2. The van der Waals surface area contributed by atoms with Gasteiger partial charge in [0.25, 0.3) is 5.78 Å². The molecule has 0 aliphatic carbocycles. The Morgan fingerprint density at radius 3 is 2.64 bits per heavy atom. The van der Waals surface area contributed by atoms with E-state index < -0.39 is 23.3 Å². The van der Waals surface area contributed by atoms with Gasteiger partial charge in [-0.1, -0.05) is 0 Å². The number of nitrogens with zero attached hydrogens (tertiary/aromatic N) is 1. The van der Waals surface area contributed by atoms with Crippen molar-refractivity contribution in [3.8, 4) is 0 Å². The van der Waals surface area contributed by atoms with Gasteiger partial charge in [-0.15, -0.1) is 0 Å². The van der Waals surface area contributed by atoms with E-state index in [1.54, 1.807) is 0 Å². The van der Waals surface area contributed by atoms with Crippen LogP contribution in [0.4, 0.5) is 4.39 Å². The highest BCUT2D eigenvalue weighted by atomic mass is 79.9. The molecule has 0 bridgehead atoms. The van der Waals surface area contributed by atoms with Crippen LogP contribution >= 0.6 is 15.9 Å². The number of carbonyl (C=O) groups is 2. The van der Waals surface area contributed by atoms with Crippen molar-refractivity contribution >= 4 is 27.7 Å². The molecule has 0 saturated heterocycles. The summed E-state index contributed by atoms with van der Waals surface area (Å²) in [5.41, 5.74) is -0.403.